The fourth-order valence-electron chi connectivity index (χ4n) is 0.643. The van der Waals surface area contributed by atoms with Gasteiger partial charge in [0.25, 0.3) is 0 Å². The second-order valence-electron chi connectivity index (χ2n) is 2.96. The molecule has 0 aliphatic carbocycles. The second kappa shape index (κ2) is 4.12. The summed E-state index contributed by atoms with van der Waals surface area (Å²) in [6.07, 6.45) is 0.205. The van der Waals surface area contributed by atoms with Gasteiger partial charge in [0.2, 0.25) is 5.45 Å². The topological polar surface area (TPSA) is 90.3 Å². The molecule has 0 aromatic rings. The number of nitrogens with two attached hydrogens (primary N) is 1. The molecule has 0 saturated heterocycles. The smallest absolute Gasteiger partial charge is 0.294 e. The van der Waals surface area contributed by atoms with Crippen molar-refractivity contribution in [2.75, 3.05) is 6.29 Å². The Morgan fingerprint density at radius 3 is 2.27 bits per heavy atom. The molecule has 0 fully saturated rings. The summed E-state index contributed by atoms with van der Waals surface area (Å²) in [5, 5.41) is 7.29. The van der Waals surface area contributed by atoms with Crippen LogP contribution in [0, 0.1) is 11.3 Å². The van der Waals surface area contributed by atoms with Crippen LogP contribution >= 0.6 is 7.72 Å². The average Bonchev–Trinajstić information content (AvgIpc) is 1.86. The van der Waals surface area contributed by atoms with E-state index in [-0.39, 0.29) is 17.7 Å². The Labute approximate surface area is 67.4 Å². The van der Waals surface area contributed by atoms with Crippen molar-refractivity contribution in [3.63, 3.8) is 0 Å². The number of nitrogens with one attached hydrogen (secondary N) is 1. The van der Waals surface area contributed by atoms with Crippen LogP contribution < -0.4 is 5.73 Å². The average molecular weight is 179 g/mol. The molecule has 0 unspecified atom stereocenters. The highest BCUT2D eigenvalue weighted by Crippen LogP contribution is 2.50. The second-order valence-corrected chi connectivity index (χ2v) is 5.32. The van der Waals surface area contributed by atoms with Crippen molar-refractivity contribution < 1.29 is 9.79 Å². The van der Waals surface area contributed by atoms with E-state index in [2.05, 4.69) is 0 Å². The fraction of sp³-hybridized carbons (Fsp3) is 0.833. The summed E-state index contributed by atoms with van der Waals surface area (Å²) in [4.78, 5) is 18.3. The van der Waals surface area contributed by atoms with E-state index in [0.717, 1.165) is 0 Å². The summed E-state index contributed by atoms with van der Waals surface area (Å²) in [7, 11) is -3.21. The highest BCUT2D eigenvalue weighted by atomic mass is 31.2. The zero-order chi connectivity index (χ0) is 9.07. The van der Waals surface area contributed by atoms with Gasteiger partial charge in [-0.1, -0.05) is 13.8 Å². The molecule has 0 amide bonds. The van der Waals surface area contributed by atoms with E-state index >= 15 is 0 Å². The molecule has 0 atom stereocenters. The van der Waals surface area contributed by atoms with Gasteiger partial charge in [-0.25, -0.2) is 9.79 Å². The maximum absolute atomic E-state index is 9.16. The quantitative estimate of drug-likeness (QED) is 0.379. The SMILES string of the molecule is CC(C)CC(=N)[P+](O)(O)CN. The third-order valence-corrected chi connectivity index (χ3v) is 2.84. The monoisotopic (exact) mass is 179 g/mol. The van der Waals surface area contributed by atoms with Crippen LogP contribution in [0.15, 0.2) is 0 Å². The standard InChI is InChI=1S/C6H16N2O2P/c1-5(2)3-6(8)11(9,10)4-7/h5,8-10H,3-4,7H2,1-2H3/q+1. The minimum Gasteiger partial charge on any atom is -0.294 e. The zero-order valence-corrected chi connectivity index (χ0v) is 7.80. The first-order chi connectivity index (χ1) is 4.90. The van der Waals surface area contributed by atoms with Crippen LogP contribution in [-0.2, 0) is 0 Å². The molecule has 0 saturated carbocycles. The normalized spacial score (nSPS) is 12.2. The predicted molar refractivity (Wildman–Crippen MR) is 47.6 cm³/mol. The summed E-state index contributed by atoms with van der Waals surface area (Å²) < 4.78 is 0. The Kier molecular flexibility index (Phi) is 4.11. The highest BCUT2D eigenvalue weighted by Gasteiger charge is 2.38. The lowest BCUT2D eigenvalue weighted by molar-refractivity contribution is 0.465. The third kappa shape index (κ3) is 3.77. The lowest BCUT2D eigenvalue weighted by atomic mass is 10.1. The minimum atomic E-state index is -3.21. The largest absolute Gasteiger partial charge is 0.328 e. The molecule has 0 heterocycles. The van der Waals surface area contributed by atoms with Crippen LogP contribution in [0.3, 0.4) is 0 Å². The summed E-state index contributed by atoms with van der Waals surface area (Å²) in [6, 6.07) is 0. The first-order valence-electron chi connectivity index (χ1n) is 3.51. The molecule has 11 heavy (non-hydrogen) atoms. The zero-order valence-electron chi connectivity index (χ0n) is 6.91. The van der Waals surface area contributed by atoms with E-state index in [9.17, 15) is 0 Å². The van der Waals surface area contributed by atoms with Crippen molar-refractivity contribution in [3.05, 3.63) is 0 Å². The maximum Gasteiger partial charge on any atom is 0.328 e. The van der Waals surface area contributed by atoms with Crippen molar-refractivity contribution in [1.29, 1.82) is 5.41 Å². The summed E-state index contributed by atoms with van der Waals surface area (Å²) in [6.45, 7) is 3.84. The van der Waals surface area contributed by atoms with Gasteiger partial charge in [0.05, 0.1) is 0 Å². The van der Waals surface area contributed by atoms with Gasteiger partial charge in [-0.15, -0.1) is 0 Å². The van der Waals surface area contributed by atoms with Crippen molar-refractivity contribution in [2.24, 2.45) is 11.7 Å². The van der Waals surface area contributed by atoms with Crippen LogP contribution in [0.25, 0.3) is 0 Å². The van der Waals surface area contributed by atoms with E-state index in [1.807, 2.05) is 13.8 Å². The van der Waals surface area contributed by atoms with E-state index in [4.69, 9.17) is 20.9 Å². The molecule has 5 heteroatoms. The van der Waals surface area contributed by atoms with Gasteiger partial charge in [-0.3, -0.25) is 11.1 Å². The summed E-state index contributed by atoms with van der Waals surface area (Å²) in [5.41, 5.74) is 5.09. The minimum absolute atomic E-state index is 0.00463. The molecule has 4 nitrogen and oxygen atoms in total. The Hall–Kier alpha value is -0.0200. The van der Waals surface area contributed by atoms with Crippen molar-refractivity contribution >= 4 is 13.2 Å². The van der Waals surface area contributed by atoms with Crippen LogP contribution in [0.2, 0.25) is 0 Å². The van der Waals surface area contributed by atoms with E-state index in [1.165, 1.54) is 0 Å². The lowest BCUT2D eigenvalue weighted by Crippen LogP contribution is -2.15. The molecule has 0 aromatic heterocycles. The van der Waals surface area contributed by atoms with Gasteiger partial charge in [0, 0.05) is 6.42 Å². The van der Waals surface area contributed by atoms with E-state index in [0.29, 0.717) is 6.42 Å². The molecular formula is C6H16N2O2P+. The molecule has 5 N–H and O–H groups in total. The number of rotatable bonds is 4. The van der Waals surface area contributed by atoms with Gasteiger partial charge < -0.3 is 0 Å². The Bertz CT molecular complexity index is 148. The van der Waals surface area contributed by atoms with Gasteiger partial charge in [0.15, 0.2) is 6.29 Å². The van der Waals surface area contributed by atoms with Crippen molar-refractivity contribution in [3.8, 4) is 0 Å². The maximum atomic E-state index is 9.16. The first kappa shape index (κ1) is 11.0. The molecule has 0 aromatic carbocycles. The van der Waals surface area contributed by atoms with E-state index < -0.39 is 7.72 Å². The van der Waals surface area contributed by atoms with E-state index in [1.54, 1.807) is 0 Å². The summed E-state index contributed by atoms with van der Waals surface area (Å²) in [5.74, 6) is 0.271. The van der Waals surface area contributed by atoms with Crippen LogP contribution in [0.1, 0.15) is 20.3 Å². The Balaban J connectivity index is 4.02. The third-order valence-electron chi connectivity index (χ3n) is 1.29. The first-order valence-corrected chi connectivity index (χ1v) is 5.39. The Morgan fingerprint density at radius 1 is 1.55 bits per heavy atom. The molecule has 66 valence electrons. The molecule has 0 radical (unpaired) electrons. The lowest BCUT2D eigenvalue weighted by Gasteiger charge is -2.11. The Morgan fingerprint density at radius 2 is 2.00 bits per heavy atom. The van der Waals surface area contributed by atoms with Gasteiger partial charge >= 0.3 is 7.72 Å². The molecule has 0 aliphatic heterocycles. The van der Waals surface area contributed by atoms with Gasteiger partial charge in [-0.05, 0) is 5.92 Å². The molecule has 0 spiro atoms. The molecular weight excluding hydrogens is 163 g/mol. The molecule has 0 rings (SSSR count). The molecule has 0 aliphatic rings. The predicted octanol–water partition coefficient (Wildman–Crippen LogP) is 0.758. The summed E-state index contributed by atoms with van der Waals surface area (Å²) >= 11 is 0. The van der Waals surface area contributed by atoms with Crippen LogP contribution in [0.5, 0.6) is 0 Å². The van der Waals surface area contributed by atoms with Crippen molar-refractivity contribution in [1.82, 2.24) is 0 Å². The molecule has 0 bridgehead atoms. The fourth-order valence-corrected chi connectivity index (χ4v) is 1.52. The van der Waals surface area contributed by atoms with Crippen LogP contribution in [-0.4, -0.2) is 21.5 Å². The number of hydrogen-bond acceptors (Lipinski definition) is 4. The highest BCUT2D eigenvalue weighted by molar-refractivity contribution is 7.81. The number of hydrogen-bond donors (Lipinski definition) is 4. The van der Waals surface area contributed by atoms with Crippen molar-refractivity contribution in [2.45, 2.75) is 20.3 Å². The van der Waals surface area contributed by atoms with Gasteiger partial charge in [0.1, 0.15) is 0 Å². The van der Waals surface area contributed by atoms with Gasteiger partial charge in [-0.2, -0.15) is 0 Å². The van der Waals surface area contributed by atoms with Crippen LogP contribution in [0.4, 0.5) is 0 Å².